The molecular formula is C15H16Cl2N4O. The van der Waals surface area contributed by atoms with Gasteiger partial charge >= 0.3 is 0 Å². The molecule has 1 heterocycles. The monoisotopic (exact) mass is 338 g/mol. The van der Waals surface area contributed by atoms with Gasteiger partial charge in [0.05, 0.1) is 17.6 Å². The number of halogens is 2. The van der Waals surface area contributed by atoms with Gasteiger partial charge in [0.15, 0.2) is 5.82 Å². The Balaban J connectivity index is 2.53. The highest BCUT2D eigenvalue weighted by molar-refractivity contribution is 6.33. The summed E-state index contributed by atoms with van der Waals surface area (Å²) in [6.07, 6.45) is 1.43. The van der Waals surface area contributed by atoms with Crippen LogP contribution in [0.15, 0.2) is 18.3 Å². The van der Waals surface area contributed by atoms with Crippen LogP contribution in [0.5, 0.6) is 0 Å². The Bertz CT molecular complexity index is 734. The molecule has 2 aromatic rings. The lowest BCUT2D eigenvalue weighted by molar-refractivity contribution is -0.116. The summed E-state index contributed by atoms with van der Waals surface area (Å²) in [5.74, 6) is 0.326. The topological polar surface area (TPSA) is 58.1 Å². The van der Waals surface area contributed by atoms with Gasteiger partial charge in [0.1, 0.15) is 5.02 Å². The molecule has 0 fully saturated rings. The van der Waals surface area contributed by atoms with E-state index in [2.05, 4.69) is 15.3 Å². The van der Waals surface area contributed by atoms with E-state index >= 15 is 0 Å². The summed E-state index contributed by atoms with van der Waals surface area (Å²) in [6.45, 7) is 5.47. The standard InChI is InChI=1S/C15H16Cl2N4O/c1-8-5-6-12(13(9(8)2)21(4)10(3)22)19-14-11(16)7-18-15(17)20-14/h5-7H,1-4H3,(H,18,19,20). The Kier molecular flexibility index (Phi) is 4.88. The maximum absolute atomic E-state index is 11.8. The molecule has 1 N–H and O–H groups in total. The Morgan fingerprint density at radius 1 is 1.27 bits per heavy atom. The first-order chi connectivity index (χ1) is 10.3. The summed E-state index contributed by atoms with van der Waals surface area (Å²) in [6, 6.07) is 3.84. The van der Waals surface area contributed by atoms with Gasteiger partial charge in [-0.05, 0) is 42.6 Å². The van der Waals surface area contributed by atoms with Crippen LogP contribution in [-0.2, 0) is 4.79 Å². The van der Waals surface area contributed by atoms with Gasteiger partial charge in [-0.2, -0.15) is 4.98 Å². The average molecular weight is 339 g/mol. The van der Waals surface area contributed by atoms with Crippen molar-refractivity contribution in [1.82, 2.24) is 9.97 Å². The fraction of sp³-hybridized carbons (Fsp3) is 0.267. The van der Waals surface area contributed by atoms with Crippen molar-refractivity contribution in [2.75, 3.05) is 17.3 Å². The number of carbonyl (C=O) groups is 1. The van der Waals surface area contributed by atoms with E-state index in [1.165, 1.54) is 13.1 Å². The van der Waals surface area contributed by atoms with E-state index < -0.39 is 0 Å². The number of amides is 1. The number of anilines is 3. The minimum atomic E-state index is -0.0661. The maximum Gasteiger partial charge on any atom is 0.224 e. The molecule has 0 atom stereocenters. The molecule has 0 spiro atoms. The third-order valence-corrected chi connectivity index (χ3v) is 3.94. The van der Waals surface area contributed by atoms with Gasteiger partial charge in [-0.15, -0.1) is 0 Å². The quantitative estimate of drug-likeness (QED) is 0.855. The SMILES string of the molecule is CC(=O)N(C)c1c(Nc2nc(Cl)ncc2Cl)ccc(C)c1C. The lowest BCUT2D eigenvalue weighted by atomic mass is 10.1. The van der Waals surface area contributed by atoms with Crippen LogP contribution in [0.4, 0.5) is 17.2 Å². The van der Waals surface area contributed by atoms with Gasteiger partial charge in [-0.3, -0.25) is 4.79 Å². The number of aromatic nitrogens is 2. The van der Waals surface area contributed by atoms with Crippen molar-refractivity contribution < 1.29 is 4.79 Å². The highest BCUT2D eigenvalue weighted by atomic mass is 35.5. The van der Waals surface area contributed by atoms with Crippen LogP contribution in [0, 0.1) is 13.8 Å². The smallest absolute Gasteiger partial charge is 0.224 e. The van der Waals surface area contributed by atoms with E-state index in [0.717, 1.165) is 22.5 Å². The van der Waals surface area contributed by atoms with Crippen LogP contribution in [0.1, 0.15) is 18.1 Å². The van der Waals surface area contributed by atoms with E-state index in [4.69, 9.17) is 23.2 Å². The van der Waals surface area contributed by atoms with Crippen LogP contribution >= 0.6 is 23.2 Å². The fourth-order valence-corrected chi connectivity index (χ4v) is 2.32. The highest BCUT2D eigenvalue weighted by Gasteiger charge is 2.17. The van der Waals surface area contributed by atoms with Gasteiger partial charge in [-0.25, -0.2) is 4.98 Å². The molecule has 0 radical (unpaired) electrons. The zero-order valence-corrected chi connectivity index (χ0v) is 14.2. The Labute approximate surface area is 139 Å². The van der Waals surface area contributed by atoms with Crippen LogP contribution in [0.2, 0.25) is 10.3 Å². The Morgan fingerprint density at radius 3 is 2.59 bits per heavy atom. The molecule has 1 amide bonds. The van der Waals surface area contributed by atoms with Gasteiger partial charge in [-0.1, -0.05) is 17.7 Å². The lowest BCUT2D eigenvalue weighted by Gasteiger charge is -2.23. The van der Waals surface area contributed by atoms with Gasteiger partial charge in [0.2, 0.25) is 11.2 Å². The average Bonchev–Trinajstić information content (AvgIpc) is 2.46. The molecule has 2 rings (SSSR count). The zero-order chi connectivity index (χ0) is 16.4. The largest absolute Gasteiger partial charge is 0.337 e. The van der Waals surface area contributed by atoms with Crippen molar-refractivity contribution in [3.8, 4) is 0 Å². The molecule has 0 aliphatic heterocycles. The summed E-state index contributed by atoms with van der Waals surface area (Å²) in [5, 5.41) is 3.57. The molecule has 0 saturated heterocycles. The van der Waals surface area contributed by atoms with E-state index in [-0.39, 0.29) is 11.2 Å². The van der Waals surface area contributed by atoms with Crippen LogP contribution < -0.4 is 10.2 Å². The predicted molar refractivity (Wildman–Crippen MR) is 90.3 cm³/mol. The number of aryl methyl sites for hydroxylation is 1. The van der Waals surface area contributed by atoms with Crippen molar-refractivity contribution in [2.24, 2.45) is 0 Å². The second-order valence-corrected chi connectivity index (χ2v) is 5.69. The van der Waals surface area contributed by atoms with Crippen LogP contribution in [0.25, 0.3) is 0 Å². The molecule has 5 nitrogen and oxygen atoms in total. The summed E-state index contributed by atoms with van der Waals surface area (Å²) in [5.41, 5.74) is 3.58. The minimum Gasteiger partial charge on any atom is -0.337 e. The first-order valence-corrected chi connectivity index (χ1v) is 7.36. The number of hydrogen-bond donors (Lipinski definition) is 1. The summed E-state index contributed by atoms with van der Waals surface area (Å²) in [7, 11) is 1.73. The molecule has 22 heavy (non-hydrogen) atoms. The number of nitrogens with one attached hydrogen (secondary N) is 1. The lowest BCUT2D eigenvalue weighted by Crippen LogP contribution is -2.25. The Hall–Kier alpha value is -1.85. The first kappa shape index (κ1) is 16.5. The van der Waals surface area contributed by atoms with Gasteiger partial charge in [0, 0.05) is 14.0 Å². The molecule has 0 aliphatic carbocycles. The minimum absolute atomic E-state index is 0.0661. The second-order valence-electron chi connectivity index (χ2n) is 4.94. The highest BCUT2D eigenvalue weighted by Crippen LogP contribution is 2.34. The third kappa shape index (κ3) is 3.31. The molecular weight excluding hydrogens is 323 g/mol. The molecule has 7 heteroatoms. The van der Waals surface area contributed by atoms with Crippen molar-refractivity contribution in [1.29, 1.82) is 0 Å². The molecule has 0 unspecified atom stereocenters. The molecule has 0 bridgehead atoms. The van der Waals surface area contributed by atoms with Gasteiger partial charge < -0.3 is 10.2 Å². The number of carbonyl (C=O) groups excluding carboxylic acids is 1. The van der Waals surface area contributed by atoms with Crippen molar-refractivity contribution in [2.45, 2.75) is 20.8 Å². The van der Waals surface area contributed by atoms with Crippen LogP contribution in [-0.4, -0.2) is 22.9 Å². The van der Waals surface area contributed by atoms with Crippen LogP contribution in [0.3, 0.4) is 0 Å². The maximum atomic E-state index is 11.8. The zero-order valence-electron chi connectivity index (χ0n) is 12.7. The van der Waals surface area contributed by atoms with Gasteiger partial charge in [0.25, 0.3) is 0 Å². The summed E-state index contributed by atoms with van der Waals surface area (Å²) < 4.78 is 0. The van der Waals surface area contributed by atoms with Crippen molar-refractivity contribution >= 4 is 46.3 Å². The van der Waals surface area contributed by atoms with E-state index in [1.807, 2.05) is 26.0 Å². The number of nitrogens with zero attached hydrogens (tertiary/aromatic N) is 3. The van der Waals surface area contributed by atoms with Crippen molar-refractivity contribution in [3.05, 3.63) is 39.8 Å². The van der Waals surface area contributed by atoms with Crippen molar-refractivity contribution in [3.63, 3.8) is 0 Å². The second kappa shape index (κ2) is 6.50. The summed E-state index contributed by atoms with van der Waals surface area (Å²) in [4.78, 5) is 21.2. The van der Waals surface area contributed by atoms with E-state index in [1.54, 1.807) is 11.9 Å². The molecule has 0 saturated carbocycles. The molecule has 1 aromatic carbocycles. The predicted octanol–water partition coefficient (Wildman–Crippen LogP) is 4.13. The molecule has 0 aliphatic rings. The normalized spacial score (nSPS) is 10.5. The molecule has 1 aromatic heterocycles. The first-order valence-electron chi connectivity index (χ1n) is 6.60. The number of rotatable bonds is 3. The van der Waals surface area contributed by atoms with E-state index in [0.29, 0.717) is 10.8 Å². The number of hydrogen-bond acceptors (Lipinski definition) is 4. The fourth-order valence-electron chi connectivity index (χ4n) is 2.05. The Morgan fingerprint density at radius 2 is 1.95 bits per heavy atom. The van der Waals surface area contributed by atoms with E-state index in [9.17, 15) is 4.79 Å². The molecule has 116 valence electrons. The number of benzene rings is 1. The third-order valence-electron chi connectivity index (χ3n) is 3.48. The summed E-state index contributed by atoms with van der Waals surface area (Å²) >= 11 is 11.9.